The van der Waals surface area contributed by atoms with Gasteiger partial charge in [0.1, 0.15) is 0 Å². The number of unbranched alkanes of at least 4 members (excludes halogenated alkanes) is 2. The minimum Gasteiger partial charge on any atom is -0.399 e. The fourth-order valence-corrected chi connectivity index (χ4v) is 11.5. The zero-order chi connectivity index (χ0) is 51.4. The molecule has 6 unspecified atom stereocenters. The highest BCUT2D eigenvalue weighted by Gasteiger charge is 2.42. The van der Waals surface area contributed by atoms with E-state index in [1.807, 2.05) is 30.6 Å². The summed E-state index contributed by atoms with van der Waals surface area (Å²) in [4.78, 5) is 72.4. The molecule has 23 heteroatoms. The van der Waals surface area contributed by atoms with E-state index in [-0.39, 0.29) is 53.8 Å². The van der Waals surface area contributed by atoms with Crippen LogP contribution in [0.3, 0.4) is 0 Å². The van der Waals surface area contributed by atoms with Crippen molar-refractivity contribution in [1.29, 1.82) is 0 Å². The van der Waals surface area contributed by atoms with Crippen molar-refractivity contribution in [2.24, 2.45) is 0 Å². The summed E-state index contributed by atoms with van der Waals surface area (Å²) in [6.45, 7) is 7.29. The monoisotopic (exact) mass is 1050 g/mol. The van der Waals surface area contributed by atoms with Crippen LogP contribution in [0.1, 0.15) is 97.8 Å². The number of hydrogen-bond acceptors (Lipinski definition) is 16. The molecule has 3 aliphatic heterocycles. The fourth-order valence-electron chi connectivity index (χ4n) is 8.36. The van der Waals surface area contributed by atoms with Crippen LogP contribution in [0.25, 0.3) is 0 Å². The zero-order valence-electron chi connectivity index (χ0n) is 42.3. The molecule has 3 aliphatic rings. The predicted molar refractivity (Wildman–Crippen MR) is 279 cm³/mol. The first-order chi connectivity index (χ1) is 35.2. The summed E-state index contributed by atoms with van der Waals surface area (Å²) in [7, 11) is 1.92. The Morgan fingerprint density at radius 2 is 1.04 bits per heavy atom. The molecular formula is C49H83N9O12S2. The standard InChI is InChI=1S/C49H83N9O12S2/c1-51-39-33-71-41(45(39)56-35-59)10-2-4-12-43(60)52-14-6-18-65-22-26-69-28-24-67-20-8-16-54-47(62)36-30-37(32-38(50)31-36)48(63)55-17-9-21-68-25-29-70-27-23-66-19-7-15-53-44(61)13-5-3-11-42-46-40(34-72-42)57-49(64)58-46/h30-32,35,39-42,45-46,51H,2-29,33-34,50H2,1H3,(H,52,60)(H,53,61)(H,54,62)(H,55,63)(H,56,59)(H2,57,58,64). The molecule has 0 spiro atoms. The topological polar surface area (TPSA) is 280 Å². The molecule has 21 nitrogen and oxygen atoms in total. The molecular weight excluding hydrogens is 971 g/mol. The lowest BCUT2D eigenvalue weighted by Crippen LogP contribution is -2.48. The number of ether oxygens (including phenoxy) is 6. The molecule has 0 saturated carbocycles. The number of fused-ring (bicyclic) bond motifs is 1. The predicted octanol–water partition coefficient (Wildman–Crippen LogP) is 1.73. The molecule has 6 atom stereocenters. The first kappa shape index (κ1) is 60.6. The zero-order valence-corrected chi connectivity index (χ0v) is 43.9. The second-order valence-electron chi connectivity index (χ2n) is 17.8. The van der Waals surface area contributed by atoms with Crippen LogP contribution in [0.15, 0.2) is 18.2 Å². The number of nitrogen functional groups attached to an aromatic ring is 1. The number of carbonyl (C=O) groups excluding carboxylic acids is 6. The molecule has 3 saturated heterocycles. The van der Waals surface area contributed by atoms with Crippen LogP contribution in [0.4, 0.5) is 10.5 Å². The maximum atomic E-state index is 12.8. The molecule has 408 valence electrons. The fraction of sp³-hybridized carbons (Fsp3) is 0.755. The average molecular weight is 1050 g/mol. The molecule has 72 heavy (non-hydrogen) atoms. The van der Waals surface area contributed by atoms with Crippen LogP contribution < -0.4 is 48.3 Å². The summed E-state index contributed by atoms with van der Waals surface area (Å²) in [5.74, 6) is 1.35. The number of nitrogens with two attached hydrogens (primary N) is 1. The van der Waals surface area contributed by atoms with E-state index in [1.54, 1.807) is 0 Å². The first-order valence-electron chi connectivity index (χ1n) is 25.8. The molecule has 0 aromatic heterocycles. The maximum absolute atomic E-state index is 12.8. The Labute approximate surface area is 434 Å². The summed E-state index contributed by atoms with van der Waals surface area (Å²) in [6, 6.07) is 5.36. The van der Waals surface area contributed by atoms with E-state index in [4.69, 9.17) is 34.2 Å². The SMILES string of the molecule is CNC1CSC(CCCCC(=O)NCCCOCCOCCOCCCNC(=O)c2cc(N)cc(C(=O)NCCCOCCOCCOCCCNC(=O)CCCCC3SCC4NC(=O)NC43)c2)C1NC=O. The summed E-state index contributed by atoms with van der Waals surface area (Å²) in [5, 5.41) is 24.5. The molecule has 0 aliphatic carbocycles. The van der Waals surface area contributed by atoms with Crippen molar-refractivity contribution in [3.05, 3.63) is 29.3 Å². The van der Waals surface area contributed by atoms with Crippen molar-refractivity contribution in [3.63, 3.8) is 0 Å². The van der Waals surface area contributed by atoms with Gasteiger partial charge in [-0.2, -0.15) is 23.5 Å². The lowest BCUT2D eigenvalue weighted by atomic mass is 10.0. The largest absolute Gasteiger partial charge is 0.399 e. The highest BCUT2D eigenvalue weighted by Crippen LogP contribution is 2.33. The maximum Gasteiger partial charge on any atom is 0.315 e. The minimum atomic E-state index is -0.335. The van der Waals surface area contributed by atoms with Gasteiger partial charge >= 0.3 is 6.03 Å². The minimum absolute atomic E-state index is 0.0479. The molecule has 7 amide bonds. The number of thioether (sulfide) groups is 2. The van der Waals surface area contributed by atoms with Gasteiger partial charge in [0.15, 0.2) is 0 Å². The van der Waals surface area contributed by atoms with Crippen molar-refractivity contribution in [2.45, 2.75) is 112 Å². The van der Waals surface area contributed by atoms with Gasteiger partial charge in [-0.1, -0.05) is 12.8 Å². The van der Waals surface area contributed by atoms with Gasteiger partial charge < -0.3 is 76.7 Å². The van der Waals surface area contributed by atoms with Crippen molar-refractivity contribution < 1.29 is 57.2 Å². The number of nitrogens with one attached hydrogen (secondary N) is 8. The molecule has 3 fully saturated rings. The highest BCUT2D eigenvalue weighted by molar-refractivity contribution is 8.00. The Kier molecular flexibility index (Phi) is 31.8. The van der Waals surface area contributed by atoms with Crippen LogP contribution in [-0.4, -0.2) is 195 Å². The number of rotatable bonds is 43. The van der Waals surface area contributed by atoms with Crippen molar-refractivity contribution in [3.8, 4) is 0 Å². The number of benzene rings is 1. The summed E-state index contributed by atoms with van der Waals surface area (Å²) >= 11 is 3.77. The normalized spacial score (nSPS) is 20.1. The van der Waals surface area contributed by atoms with E-state index in [9.17, 15) is 28.8 Å². The lowest BCUT2D eigenvalue weighted by molar-refractivity contribution is -0.122. The van der Waals surface area contributed by atoms with E-state index in [0.717, 1.165) is 69.3 Å². The average Bonchev–Trinajstić information content (AvgIpc) is 4.07. The number of anilines is 1. The molecule has 1 aromatic carbocycles. The van der Waals surface area contributed by atoms with Crippen molar-refractivity contribution >= 4 is 65.3 Å². The Hall–Kier alpha value is -3.94. The summed E-state index contributed by atoms with van der Waals surface area (Å²) in [5.41, 5.74) is 6.92. The van der Waals surface area contributed by atoms with Crippen LogP contribution in [0, 0.1) is 0 Å². The number of urea groups is 1. The Bertz CT molecular complexity index is 1740. The second kappa shape index (κ2) is 37.7. The van der Waals surface area contributed by atoms with Crippen molar-refractivity contribution in [2.75, 3.05) is 130 Å². The third-order valence-electron chi connectivity index (χ3n) is 12.2. The van der Waals surface area contributed by atoms with Crippen LogP contribution >= 0.6 is 23.5 Å². The quantitative estimate of drug-likeness (QED) is 0.0195. The van der Waals surface area contributed by atoms with Gasteiger partial charge in [0.25, 0.3) is 11.8 Å². The Balaban J connectivity index is 0.856. The highest BCUT2D eigenvalue weighted by atomic mass is 32.2. The van der Waals surface area contributed by atoms with Gasteiger partial charge in [-0.3, -0.25) is 24.0 Å². The van der Waals surface area contributed by atoms with Crippen molar-refractivity contribution in [1.82, 2.24) is 42.5 Å². The Morgan fingerprint density at radius 1 is 0.597 bits per heavy atom. The van der Waals surface area contributed by atoms with Gasteiger partial charge in [-0.05, 0) is 76.6 Å². The van der Waals surface area contributed by atoms with E-state index in [1.165, 1.54) is 18.2 Å². The first-order valence-corrected chi connectivity index (χ1v) is 27.9. The smallest absolute Gasteiger partial charge is 0.315 e. The van der Waals surface area contributed by atoms with E-state index in [0.29, 0.717) is 158 Å². The van der Waals surface area contributed by atoms with Gasteiger partial charge in [0.2, 0.25) is 18.2 Å². The molecule has 1 aromatic rings. The summed E-state index contributed by atoms with van der Waals surface area (Å²) < 4.78 is 33.5. The molecule has 0 radical (unpaired) electrons. The molecule has 3 heterocycles. The van der Waals surface area contributed by atoms with Crippen LogP contribution in [-0.2, 0) is 42.8 Å². The second-order valence-corrected chi connectivity index (χ2v) is 20.4. The summed E-state index contributed by atoms with van der Waals surface area (Å²) in [6.07, 6.45) is 9.95. The van der Waals surface area contributed by atoms with E-state index < -0.39 is 0 Å². The van der Waals surface area contributed by atoms with Crippen LogP contribution in [0.5, 0.6) is 0 Å². The van der Waals surface area contributed by atoms with Crippen LogP contribution in [0.2, 0.25) is 0 Å². The molecule has 10 N–H and O–H groups in total. The number of amides is 7. The van der Waals surface area contributed by atoms with Gasteiger partial charge in [0, 0.05) is 110 Å². The number of likely N-dealkylation sites (N-methyl/N-ethyl adjacent to an activating group) is 1. The van der Waals surface area contributed by atoms with Gasteiger partial charge in [-0.25, -0.2) is 4.79 Å². The van der Waals surface area contributed by atoms with E-state index >= 15 is 0 Å². The van der Waals surface area contributed by atoms with E-state index in [2.05, 4.69) is 42.5 Å². The lowest BCUT2D eigenvalue weighted by Gasteiger charge is -2.22. The van der Waals surface area contributed by atoms with Gasteiger partial charge in [0.05, 0.1) is 71.0 Å². The molecule has 4 rings (SSSR count). The van der Waals surface area contributed by atoms with Gasteiger partial charge in [-0.15, -0.1) is 0 Å². The third kappa shape index (κ3) is 25.3. The Morgan fingerprint density at radius 3 is 1.51 bits per heavy atom. The third-order valence-corrected chi connectivity index (χ3v) is 15.2. The number of carbonyl (C=O) groups is 6. The number of hydrogen-bond donors (Lipinski definition) is 9. The molecule has 0 bridgehead atoms.